The fourth-order valence-electron chi connectivity index (χ4n) is 14.5. The molecule has 6 heteroatoms. The van der Waals surface area contributed by atoms with Gasteiger partial charge in [0.05, 0.1) is 37.8 Å². The van der Waals surface area contributed by atoms with Gasteiger partial charge < -0.3 is 18.9 Å². The van der Waals surface area contributed by atoms with Crippen LogP contribution in [0.5, 0.6) is 23.0 Å². The fourth-order valence-corrected chi connectivity index (χ4v) is 14.5. The predicted octanol–water partition coefficient (Wildman–Crippen LogP) is 31.5. The zero-order valence-electron chi connectivity index (χ0n) is 68.5. The van der Waals surface area contributed by atoms with E-state index in [9.17, 15) is 0 Å². The molecule has 0 atom stereocenters. The molecule has 2 aromatic heterocycles. The van der Waals surface area contributed by atoms with E-state index in [0.717, 1.165) is 82.3 Å². The average Bonchev–Trinajstić information content (AvgIpc) is 0.877. The molecule has 4 aromatic rings. The van der Waals surface area contributed by atoms with Gasteiger partial charge in [-0.25, -0.2) is 0 Å². The third-order valence-corrected chi connectivity index (χ3v) is 21.4. The molecule has 6 nitrogen and oxygen atoms in total. The number of ether oxygens (including phenoxy) is 4. The van der Waals surface area contributed by atoms with Crippen LogP contribution >= 0.6 is 0 Å². The van der Waals surface area contributed by atoms with E-state index < -0.39 is 0 Å². The summed E-state index contributed by atoms with van der Waals surface area (Å²) >= 11 is 0. The lowest BCUT2D eigenvalue weighted by molar-refractivity contribution is 0.258. The monoisotopic (exact) mass is 1430 g/mol. The molecule has 0 bridgehead atoms. The van der Waals surface area contributed by atoms with Gasteiger partial charge >= 0.3 is 0 Å². The summed E-state index contributed by atoms with van der Waals surface area (Å²) in [7, 11) is 0. The third-order valence-electron chi connectivity index (χ3n) is 21.4. The van der Waals surface area contributed by atoms with Gasteiger partial charge in [0.25, 0.3) is 0 Å². The molecule has 0 radical (unpaired) electrons. The van der Waals surface area contributed by atoms with E-state index in [1.54, 1.807) is 0 Å². The van der Waals surface area contributed by atoms with Crippen molar-refractivity contribution in [3.63, 3.8) is 0 Å². The van der Waals surface area contributed by atoms with Crippen LogP contribution in [0.2, 0.25) is 0 Å². The van der Waals surface area contributed by atoms with Crippen molar-refractivity contribution in [2.45, 2.75) is 439 Å². The van der Waals surface area contributed by atoms with Gasteiger partial charge in [-0.15, -0.1) is 0 Å². The Kier molecular flexibility index (Phi) is 61.4. The molecule has 2 aromatic carbocycles. The molecule has 0 N–H and O–H groups in total. The number of pyridine rings is 2. The van der Waals surface area contributed by atoms with E-state index in [4.69, 9.17) is 28.9 Å². The van der Waals surface area contributed by atoms with E-state index in [1.807, 2.05) is 36.7 Å². The van der Waals surface area contributed by atoms with Crippen LogP contribution in [-0.2, 0) is 0 Å². The highest BCUT2D eigenvalue weighted by Gasteiger charge is 2.11. The molecule has 0 aliphatic heterocycles. The Morgan fingerprint density at radius 2 is 0.365 bits per heavy atom. The number of hydrogen-bond acceptors (Lipinski definition) is 6. The summed E-state index contributed by atoms with van der Waals surface area (Å²) in [5.41, 5.74) is 5.10. The Labute approximate surface area is 643 Å². The lowest BCUT2D eigenvalue weighted by Gasteiger charge is -2.13. The van der Waals surface area contributed by atoms with Gasteiger partial charge in [-0.1, -0.05) is 437 Å². The summed E-state index contributed by atoms with van der Waals surface area (Å²) in [6.07, 6.45) is 90.8. The highest BCUT2D eigenvalue weighted by atomic mass is 16.5. The summed E-state index contributed by atoms with van der Waals surface area (Å²) in [6, 6.07) is 20.5. The molecule has 0 spiro atoms. The van der Waals surface area contributed by atoms with Crippen molar-refractivity contribution in [3.05, 3.63) is 95.3 Å². The Bertz CT molecular complexity index is 2480. The van der Waals surface area contributed by atoms with Crippen LogP contribution in [0.4, 0.5) is 0 Å². The van der Waals surface area contributed by atoms with Crippen LogP contribution in [0.25, 0.3) is 11.4 Å². The minimum Gasteiger partial charge on any atom is -0.490 e. The third kappa shape index (κ3) is 52.1. The Morgan fingerprint density at radius 1 is 0.192 bits per heavy atom. The first-order valence-electron chi connectivity index (χ1n) is 45.4. The molecule has 0 saturated carbocycles. The van der Waals surface area contributed by atoms with Crippen LogP contribution in [0, 0.1) is 23.7 Å². The number of nitrogens with zero attached hydrogens (tertiary/aromatic N) is 2. The van der Waals surface area contributed by atoms with Crippen molar-refractivity contribution < 1.29 is 18.9 Å². The van der Waals surface area contributed by atoms with Gasteiger partial charge in [0.15, 0.2) is 23.0 Å². The number of aromatic nitrogens is 2. The Balaban J connectivity index is 1.25. The number of rotatable bonds is 73. The minimum atomic E-state index is 0.691. The fraction of sp³-hybridized carbons (Fsp3) is 0.735. The minimum absolute atomic E-state index is 0.691. The summed E-state index contributed by atoms with van der Waals surface area (Å²) in [5, 5.41) is 0. The van der Waals surface area contributed by atoms with Crippen LogP contribution in [-0.4, -0.2) is 36.4 Å². The number of unbranched alkanes of at least 4 members (excludes halogenated alkanes) is 60. The molecule has 2 heterocycles. The molecule has 4 rings (SSSR count). The van der Waals surface area contributed by atoms with E-state index in [1.165, 1.54) is 385 Å². The van der Waals surface area contributed by atoms with Crippen molar-refractivity contribution in [2.75, 3.05) is 26.4 Å². The lowest BCUT2D eigenvalue weighted by atomic mass is 10.0. The summed E-state index contributed by atoms with van der Waals surface area (Å²) in [6.45, 7) is 12.0. The highest BCUT2D eigenvalue weighted by Crippen LogP contribution is 2.32. The second kappa shape index (κ2) is 69.8. The average molecular weight is 1430 g/mol. The largest absolute Gasteiger partial charge is 0.490 e. The van der Waals surface area contributed by atoms with Gasteiger partial charge in [-0.05, 0) is 86.3 Å². The molecule has 0 unspecified atom stereocenters. The first-order valence-corrected chi connectivity index (χ1v) is 45.4. The lowest BCUT2D eigenvalue weighted by Crippen LogP contribution is -2.03. The van der Waals surface area contributed by atoms with Crippen molar-refractivity contribution in [2.24, 2.45) is 0 Å². The maximum atomic E-state index is 6.51. The van der Waals surface area contributed by atoms with E-state index >= 15 is 0 Å². The zero-order chi connectivity index (χ0) is 73.4. The summed E-state index contributed by atoms with van der Waals surface area (Å²) in [5.74, 6) is 16.8. The second-order valence-electron chi connectivity index (χ2n) is 31.3. The van der Waals surface area contributed by atoms with Gasteiger partial charge in [-0.2, -0.15) is 0 Å². The van der Waals surface area contributed by atoms with Crippen molar-refractivity contribution >= 4 is 0 Å². The van der Waals surface area contributed by atoms with Crippen molar-refractivity contribution in [1.29, 1.82) is 0 Å². The molecule has 0 amide bonds. The number of benzene rings is 2. The molecular weight excluding hydrogens is 1270 g/mol. The van der Waals surface area contributed by atoms with Gasteiger partial charge in [0.2, 0.25) is 0 Å². The van der Waals surface area contributed by atoms with Crippen LogP contribution in [0.15, 0.2) is 73.1 Å². The molecule has 0 fully saturated rings. The molecular formula is C98H160N2O4. The molecule has 104 heavy (non-hydrogen) atoms. The van der Waals surface area contributed by atoms with Gasteiger partial charge in [0, 0.05) is 34.6 Å². The predicted molar refractivity (Wildman–Crippen MR) is 452 cm³/mol. The smallest absolute Gasteiger partial charge is 0.162 e. The first-order chi connectivity index (χ1) is 51.6. The Morgan fingerprint density at radius 3 is 0.558 bits per heavy atom. The van der Waals surface area contributed by atoms with Gasteiger partial charge in [0.1, 0.15) is 0 Å². The second-order valence-corrected chi connectivity index (χ2v) is 31.3. The van der Waals surface area contributed by atoms with Crippen LogP contribution in [0.3, 0.4) is 0 Å². The Hall–Kier alpha value is -4.94. The first kappa shape index (κ1) is 91.4. The van der Waals surface area contributed by atoms with Gasteiger partial charge in [-0.3, -0.25) is 9.97 Å². The summed E-state index contributed by atoms with van der Waals surface area (Å²) in [4.78, 5) is 9.61. The van der Waals surface area contributed by atoms with E-state index in [0.29, 0.717) is 26.4 Å². The molecule has 0 aliphatic rings. The molecule has 586 valence electrons. The maximum absolute atomic E-state index is 6.51. The molecule has 0 saturated heterocycles. The van der Waals surface area contributed by atoms with Crippen LogP contribution < -0.4 is 18.9 Å². The maximum Gasteiger partial charge on any atom is 0.162 e. The normalized spacial score (nSPS) is 11.2. The zero-order valence-corrected chi connectivity index (χ0v) is 68.5. The highest BCUT2D eigenvalue weighted by molar-refractivity contribution is 5.57. The standard InChI is InChI=1S/C98H160N2O4/c1-5-9-13-17-21-25-29-33-37-41-45-49-53-57-61-65-81-101-95-79-75-89(85-97(95)103-83-67-63-59-55-51-47-43-39-35-31-27-23-19-15-11-7-3)69-71-91-73-77-93(99-87-91)94-78-74-92(88-100-94)72-70-90-76-80-96(102-82-66-62-58-54-50-46-42-38-34-30-26-22-18-14-10-6-2)98(86-90)104-84-68-64-60-56-52-48-44-40-36-32-28-24-20-16-12-8-4/h73-80,85-88H,5-68,81-84H2,1-4H3. The SMILES string of the molecule is CCCCCCCCCCCCCCCCCCOc1ccc(C#Cc2ccc(-c3ccc(C#Cc4ccc(OCCCCCCCCCCCCCCCCCC)c(OCCCCCCCCCCCCCCCCCC)c4)cn3)nc2)cc1OCCCCCCCCCCCCCCCCCC. The summed E-state index contributed by atoms with van der Waals surface area (Å²) < 4.78 is 25.9. The quantitative estimate of drug-likeness (QED) is 0.0324. The topological polar surface area (TPSA) is 62.7 Å². The van der Waals surface area contributed by atoms with E-state index in [-0.39, 0.29) is 0 Å². The number of hydrogen-bond donors (Lipinski definition) is 0. The van der Waals surface area contributed by atoms with Crippen molar-refractivity contribution in [1.82, 2.24) is 9.97 Å². The van der Waals surface area contributed by atoms with Crippen LogP contribution in [0.1, 0.15) is 461 Å². The van der Waals surface area contributed by atoms with Crippen molar-refractivity contribution in [3.8, 4) is 58.1 Å². The molecule has 0 aliphatic carbocycles. The van der Waals surface area contributed by atoms with E-state index in [2.05, 4.69) is 87.8 Å².